The minimum Gasteiger partial charge on any atom is -0.481 e. The van der Waals surface area contributed by atoms with E-state index in [0.29, 0.717) is 5.56 Å². The van der Waals surface area contributed by atoms with E-state index in [4.69, 9.17) is 5.11 Å². The van der Waals surface area contributed by atoms with Crippen LogP contribution in [0.25, 0.3) is 6.08 Å². The van der Waals surface area contributed by atoms with Crippen LogP contribution < -0.4 is 0 Å². The molecule has 1 aliphatic heterocycles. The second-order valence-electron chi connectivity index (χ2n) is 4.03. The second kappa shape index (κ2) is 5.87. The Hall–Kier alpha value is -2.15. The van der Waals surface area contributed by atoms with Crippen molar-refractivity contribution in [2.75, 3.05) is 6.54 Å². The van der Waals surface area contributed by atoms with E-state index in [-0.39, 0.29) is 17.9 Å². The zero-order chi connectivity index (χ0) is 14.7. The third-order valence-electron chi connectivity index (χ3n) is 2.57. The molecule has 1 N–H and O–H groups in total. The largest absolute Gasteiger partial charge is 0.481 e. The average molecular weight is 295 g/mol. The number of imide groups is 1. The maximum absolute atomic E-state index is 13.0. The van der Waals surface area contributed by atoms with Crippen molar-refractivity contribution < 1.29 is 23.9 Å². The number of hydrogen-bond donors (Lipinski definition) is 1. The number of carbonyl (C=O) groups excluding carboxylic acids is 2. The number of halogens is 1. The van der Waals surface area contributed by atoms with Crippen LogP contribution in [-0.2, 0) is 9.59 Å². The van der Waals surface area contributed by atoms with Gasteiger partial charge in [-0.05, 0) is 35.5 Å². The quantitative estimate of drug-likeness (QED) is 0.863. The molecule has 0 saturated carbocycles. The minimum absolute atomic E-state index is 0.158. The lowest BCUT2D eigenvalue weighted by molar-refractivity contribution is -0.137. The van der Waals surface area contributed by atoms with Crippen LogP contribution in [-0.4, -0.2) is 33.7 Å². The Labute approximate surface area is 118 Å². The summed E-state index contributed by atoms with van der Waals surface area (Å²) >= 11 is 0.717. The second-order valence-corrected chi connectivity index (χ2v) is 5.03. The normalized spacial score (nSPS) is 17.1. The molecule has 0 unspecified atom stereocenters. The number of aliphatic carboxylic acids is 1. The summed E-state index contributed by atoms with van der Waals surface area (Å²) in [5.74, 6) is -2.08. The van der Waals surface area contributed by atoms with Crippen molar-refractivity contribution in [2.24, 2.45) is 0 Å². The number of benzene rings is 1. The summed E-state index contributed by atoms with van der Waals surface area (Å²) in [6.45, 7) is -0.166. The highest BCUT2D eigenvalue weighted by Gasteiger charge is 2.34. The first-order chi connectivity index (χ1) is 9.47. The van der Waals surface area contributed by atoms with E-state index in [2.05, 4.69) is 0 Å². The van der Waals surface area contributed by atoms with Crippen molar-refractivity contribution in [2.45, 2.75) is 6.42 Å². The van der Waals surface area contributed by atoms with Gasteiger partial charge in [0.05, 0.1) is 11.3 Å². The van der Waals surface area contributed by atoms with Crippen LogP contribution in [0.3, 0.4) is 0 Å². The molecule has 2 rings (SSSR count). The third kappa shape index (κ3) is 3.24. The van der Waals surface area contributed by atoms with Gasteiger partial charge in [-0.1, -0.05) is 12.1 Å². The first-order valence-corrected chi connectivity index (χ1v) is 6.52. The van der Waals surface area contributed by atoms with E-state index >= 15 is 0 Å². The molecule has 1 fully saturated rings. The summed E-state index contributed by atoms with van der Waals surface area (Å²) in [6, 6.07) is 5.62. The molecule has 1 heterocycles. The maximum Gasteiger partial charge on any atom is 0.305 e. The van der Waals surface area contributed by atoms with E-state index < -0.39 is 22.9 Å². The van der Waals surface area contributed by atoms with Gasteiger partial charge in [-0.25, -0.2) is 4.39 Å². The van der Waals surface area contributed by atoms with Crippen molar-refractivity contribution in [3.05, 3.63) is 40.6 Å². The molecule has 20 heavy (non-hydrogen) atoms. The molecule has 0 aliphatic carbocycles. The van der Waals surface area contributed by atoms with Gasteiger partial charge in [-0.2, -0.15) is 0 Å². The highest BCUT2D eigenvalue weighted by Crippen LogP contribution is 2.32. The van der Waals surface area contributed by atoms with Gasteiger partial charge in [0.25, 0.3) is 11.1 Å². The fourth-order valence-electron chi connectivity index (χ4n) is 1.65. The highest BCUT2D eigenvalue weighted by atomic mass is 32.2. The van der Waals surface area contributed by atoms with Crippen LogP contribution in [0.5, 0.6) is 0 Å². The van der Waals surface area contributed by atoms with E-state index in [1.165, 1.54) is 24.3 Å². The molecule has 1 aromatic rings. The van der Waals surface area contributed by atoms with Crippen LogP contribution in [0, 0.1) is 5.82 Å². The fraction of sp³-hybridized carbons (Fsp3) is 0.154. The van der Waals surface area contributed by atoms with Gasteiger partial charge in [-0.3, -0.25) is 19.3 Å². The lowest BCUT2D eigenvalue weighted by Gasteiger charge is -2.09. The predicted octanol–water partition coefficient (Wildman–Crippen LogP) is 2.34. The summed E-state index contributed by atoms with van der Waals surface area (Å²) in [6.07, 6.45) is 1.11. The number of amides is 2. The lowest BCUT2D eigenvalue weighted by Crippen LogP contribution is -2.30. The van der Waals surface area contributed by atoms with Crippen molar-refractivity contribution >= 4 is 35.0 Å². The van der Waals surface area contributed by atoms with Crippen LogP contribution in [0.2, 0.25) is 0 Å². The van der Waals surface area contributed by atoms with Gasteiger partial charge < -0.3 is 5.11 Å². The Morgan fingerprint density at radius 1 is 1.40 bits per heavy atom. The summed E-state index contributed by atoms with van der Waals surface area (Å²) in [4.78, 5) is 35.1. The number of nitrogens with zero attached hydrogens (tertiary/aromatic N) is 1. The van der Waals surface area contributed by atoms with Gasteiger partial charge in [0.2, 0.25) is 0 Å². The zero-order valence-electron chi connectivity index (χ0n) is 10.2. The monoisotopic (exact) mass is 295 g/mol. The van der Waals surface area contributed by atoms with Crippen molar-refractivity contribution in [1.29, 1.82) is 0 Å². The molecule has 0 bridgehead atoms. The number of carboxylic acids is 1. The van der Waals surface area contributed by atoms with Gasteiger partial charge in [0.15, 0.2) is 0 Å². The Balaban J connectivity index is 2.17. The Bertz CT molecular complexity index is 614. The lowest BCUT2D eigenvalue weighted by atomic mass is 10.2. The van der Waals surface area contributed by atoms with E-state index in [0.717, 1.165) is 16.7 Å². The van der Waals surface area contributed by atoms with Crippen molar-refractivity contribution in [1.82, 2.24) is 4.90 Å². The summed E-state index contributed by atoms with van der Waals surface area (Å²) in [5, 5.41) is 8.05. The Kier molecular flexibility index (Phi) is 4.19. The molecule has 7 heteroatoms. The standard InChI is InChI=1S/C13H10FNO4S/c14-9-3-1-2-8(6-9)7-10-12(18)15(13(19)20-10)5-4-11(16)17/h1-3,6-7H,4-5H2,(H,16,17)/b10-7-. The molecule has 0 aromatic heterocycles. The summed E-state index contributed by atoms with van der Waals surface area (Å²) in [7, 11) is 0. The zero-order valence-corrected chi connectivity index (χ0v) is 11.0. The number of hydrogen-bond acceptors (Lipinski definition) is 4. The van der Waals surface area contributed by atoms with Gasteiger partial charge in [0.1, 0.15) is 5.82 Å². The predicted molar refractivity (Wildman–Crippen MR) is 71.3 cm³/mol. The van der Waals surface area contributed by atoms with Crippen LogP contribution in [0.4, 0.5) is 9.18 Å². The molecular formula is C13H10FNO4S. The molecule has 0 radical (unpaired) electrons. The summed E-state index contributed by atoms with van der Waals surface area (Å²) in [5.41, 5.74) is 0.466. The molecule has 0 atom stereocenters. The molecule has 0 spiro atoms. The fourth-order valence-corrected chi connectivity index (χ4v) is 2.51. The highest BCUT2D eigenvalue weighted by molar-refractivity contribution is 8.18. The summed E-state index contributed by atoms with van der Waals surface area (Å²) < 4.78 is 13.0. The first kappa shape index (κ1) is 14.3. The van der Waals surface area contributed by atoms with Crippen LogP contribution >= 0.6 is 11.8 Å². The molecule has 1 aromatic carbocycles. The molecular weight excluding hydrogens is 285 g/mol. The van der Waals surface area contributed by atoms with E-state index in [1.54, 1.807) is 6.07 Å². The third-order valence-corrected chi connectivity index (χ3v) is 3.48. The van der Waals surface area contributed by atoms with Crippen LogP contribution in [0.1, 0.15) is 12.0 Å². The van der Waals surface area contributed by atoms with Crippen molar-refractivity contribution in [3.63, 3.8) is 0 Å². The Morgan fingerprint density at radius 3 is 2.80 bits per heavy atom. The number of rotatable bonds is 4. The van der Waals surface area contributed by atoms with Crippen LogP contribution in [0.15, 0.2) is 29.2 Å². The molecule has 2 amide bonds. The Morgan fingerprint density at radius 2 is 2.15 bits per heavy atom. The van der Waals surface area contributed by atoms with Gasteiger partial charge in [-0.15, -0.1) is 0 Å². The van der Waals surface area contributed by atoms with E-state index in [9.17, 15) is 18.8 Å². The molecule has 104 valence electrons. The van der Waals surface area contributed by atoms with Gasteiger partial charge >= 0.3 is 5.97 Å². The average Bonchev–Trinajstić information content (AvgIpc) is 2.62. The number of carboxylic acid groups (broad SMARTS) is 1. The molecule has 5 nitrogen and oxygen atoms in total. The first-order valence-electron chi connectivity index (χ1n) is 5.70. The van der Waals surface area contributed by atoms with E-state index in [1.807, 2.05) is 0 Å². The number of carbonyl (C=O) groups is 3. The van der Waals surface area contributed by atoms with Crippen molar-refractivity contribution in [3.8, 4) is 0 Å². The number of thioether (sulfide) groups is 1. The SMILES string of the molecule is O=C(O)CCN1C(=O)S/C(=C\c2cccc(F)c2)C1=O. The smallest absolute Gasteiger partial charge is 0.305 e. The topological polar surface area (TPSA) is 74.7 Å². The minimum atomic E-state index is -1.09. The van der Waals surface area contributed by atoms with Gasteiger partial charge in [0, 0.05) is 6.54 Å². The maximum atomic E-state index is 13.0. The molecule has 1 saturated heterocycles. The molecule has 1 aliphatic rings.